The van der Waals surface area contributed by atoms with Crippen LogP contribution in [0.5, 0.6) is 0 Å². The lowest BCUT2D eigenvalue weighted by atomic mass is 10.4. The van der Waals surface area contributed by atoms with Gasteiger partial charge in [0.1, 0.15) is 0 Å². The minimum atomic E-state index is 0.354. The number of aliphatic imine (C=N–C) groups is 1. The van der Waals surface area contributed by atoms with Crippen molar-refractivity contribution in [2.75, 3.05) is 7.05 Å². The molecule has 8 heavy (non-hydrogen) atoms. The smallest absolute Gasteiger partial charge is 0.168 e. The van der Waals surface area contributed by atoms with Crippen LogP contribution in [0.1, 0.15) is 0 Å². The van der Waals surface area contributed by atoms with Gasteiger partial charge >= 0.3 is 0 Å². The first-order chi connectivity index (χ1) is 3.85. The van der Waals surface area contributed by atoms with Gasteiger partial charge in [-0.2, -0.15) is 0 Å². The molecule has 0 fully saturated rings. The molecular weight excluding hydrogens is 104 g/mol. The maximum Gasteiger partial charge on any atom is 0.168 e. The summed E-state index contributed by atoms with van der Waals surface area (Å²) < 4.78 is 0. The molecule has 3 nitrogen and oxygen atoms in total. The Bertz CT molecular complexity index is 126. The molecule has 0 aliphatic heterocycles. The fraction of sp³-hybridized carbons (Fsp3) is 0.200. The van der Waals surface area contributed by atoms with Crippen LogP contribution in [0, 0.1) is 0 Å². The Labute approximate surface area is 47.9 Å². The van der Waals surface area contributed by atoms with Gasteiger partial charge in [0, 0.05) is 7.05 Å². The van der Waals surface area contributed by atoms with E-state index in [4.69, 9.17) is 5.73 Å². The lowest BCUT2D eigenvalue weighted by Crippen LogP contribution is -1.94. The highest BCUT2D eigenvalue weighted by molar-refractivity contribution is 6.33. The number of allylic oxidation sites excluding steroid dienone is 1. The van der Waals surface area contributed by atoms with Crippen LogP contribution in [0.3, 0.4) is 0 Å². The molecule has 0 rings (SSSR count). The first-order valence-corrected chi connectivity index (χ1v) is 2.15. The fourth-order valence-corrected chi connectivity index (χ4v) is 0.265. The van der Waals surface area contributed by atoms with Crippen LogP contribution in [0.4, 0.5) is 0 Å². The molecule has 0 saturated carbocycles. The summed E-state index contributed by atoms with van der Waals surface area (Å²) in [6.45, 7) is 0. The minimum Gasteiger partial charge on any atom is -0.405 e. The molecule has 0 aromatic rings. The second kappa shape index (κ2) is 4.05. The first kappa shape index (κ1) is 6.88. The van der Waals surface area contributed by atoms with E-state index in [1.54, 1.807) is 0 Å². The number of carbonyl (C=O) groups is 1. The predicted molar refractivity (Wildman–Crippen MR) is 32.8 cm³/mol. The van der Waals surface area contributed by atoms with E-state index in [9.17, 15) is 4.79 Å². The third-order valence-electron chi connectivity index (χ3n) is 0.646. The average Bonchev–Trinajstić information content (AvgIpc) is 1.83. The van der Waals surface area contributed by atoms with Crippen molar-refractivity contribution in [3.63, 3.8) is 0 Å². The van der Waals surface area contributed by atoms with E-state index in [-0.39, 0.29) is 0 Å². The Balaban J connectivity index is 3.91. The van der Waals surface area contributed by atoms with Crippen molar-refractivity contribution in [1.82, 2.24) is 0 Å². The Hall–Kier alpha value is -1.12. The standard InChI is InChI=1S/C5H8N2O/c1-7-5(4-8)2-3-6/h2-4H,6H2,1H3. The van der Waals surface area contributed by atoms with Gasteiger partial charge in [-0.25, -0.2) is 0 Å². The molecule has 0 spiro atoms. The summed E-state index contributed by atoms with van der Waals surface area (Å²) >= 11 is 0. The zero-order valence-corrected chi connectivity index (χ0v) is 4.66. The van der Waals surface area contributed by atoms with E-state index in [0.29, 0.717) is 12.0 Å². The molecule has 0 atom stereocenters. The largest absolute Gasteiger partial charge is 0.405 e. The SMILES string of the molecule is CN=C(C=O)C=CN. The number of carbonyl (C=O) groups excluding carboxylic acids is 1. The molecule has 0 amide bonds. The van der Waals surface area contributed by atoms with Crippen molar-refractivity contribution in [3.8, 4) is 0 Å². The highest BCUT2D eigenvalue weighted by atomic mass is 16.1. The van der Waals surface area contributed by atoms with Crippen LogP contribution >= 0.6 is 0 Å². The molecule has 0 aliphatic carbocycles. The van der Waals surface area contributed by atoms with Crippen molar-refractivity contribution in [2.24, 2.45) is 10.7 Å². The van der Waals surface area contributed by atoms with Crippen LogP contribution in [0.15, 0.2) is 17.3 Å². The monoisotopic (exact) mass is 112 g/mol. The van der Waals surface area contributed by atoms with Crippen molar-refractivity contribution in [3.05, 3.63) is 12.3 Å². The Kier molecular flexibility index (Phi) is 3.48. The lowest BCUT2D eigenvalue weighted by molar-refractivity contribution is -0.102. The number of nitrogens with two attached hydrogens (primary N) is 1. The fourth-order valence-electron chi connectivity index (χ4n) is 0.265. The maximum atomic E-state index is 9.89. The van der Waals surface area contributed by atoms with Crippen molar-refractivity contribution < 1.29 is 4.79 Å². The summed E-state index contributed by atoms with van der Waals surface area (Å²) in [5.74, 6) is 0. The minimum absolute atomic E-state index is 0.354. The first-order valence-electron chi connectivity index (χ1n) is 2.15. The van der Waals surface area contributed by atoms with Gasteiger partial charge in [-0.15, -0.1) is 0 Å². The second-order valence-corrected chi connectivity index (χ2v) is 1.13. The number of hydrogen-bond donors (Lipinski definition) is 1. The quantitative estimate of drug-likeness (QED) is 0.395. The van der Waals surface area contributed by atoms with E-state index >= 15 is 0 Å². The molecule has 0 aromatic carbocycles. The molecule has 3 heteroatoms. The third-order valence-corrected chi connectivity index (χ3v) is 0.646. The second-order valence-electron chi connectivity index (χ2n) is 1.13. The molecular formula is C5H8N2O. The highest BCUT2D eigenvalue weighted by Gasteiger charge is 1.82. The van der Waals surface area contributed by atoms with Crippen molar-refractivity contribution in [2.45, 2.75) is 0 Å². The van der Waals surface area contributed by atoms with Crippen molar-refractivity contribution in [1.29, 1.82) is 0 Å². The van der Waals surface area contributed by atoms with E-state index < -0.39 is 0 Å². The van der Waals surface area contributed by atoms with E-state index in [1.165, 1.54) is 19.3 Å². The zero-order chi connectivity index (χ0) is 6.41. The number of nitrogens with zero attached hydrogens (tertiary/aromatic N) is 1. The summed E-state index contributed by atoms with van der Waals surface area (Å²) in [5, 5.41) is 0. The van der Waals surface area contributed by atoms with Gasteiger partial charge in [0.15, 0.2) is 6.29 Å². The number of aldehydes is 1. The van der Waals surface area contributed by atoms with Gasteiger partial charge in [0.05, 0.1) is 5.71 Å². The van der Waals surface area contributed by atoms with Gasteiger partial charge in [-0.1, -0.05) is 0 Å². The molecule has 0 heterocycles. The van der Waals surface area contributed by atoms with E-state index in [0.717, 1.165) is 0 Å². The number of rotatable bonds is 2. The zero-order valence-electron chi connectivity index (χ0n) is 4.66. The van der Waals surface area contributed by atoms with Gasteiger partial charge < -0.3 is 5.73 Å². The predicted octanol–water partition coefficient (Wildman–Crippen LogP) is -0.271. The van der Waals surface area contributed by atoms with Gasteiger partial charge in [0.2, 0.25) is 0 Å². The average molecular weight is 112 g/mol. The summed E-state index contributed by atoms with van der Waals surface area (Å²) in [4.78, 5) is 13.5. The molecule has 0 saturated heterocycles. The van der Waals surface area contributed by atoms with E-state index in [2.05, 4.69) is 4.99 Å². The molecule has 44 valence electrons. The van der Waals surface area contributed by atoms with Crippen LogP contribution in [-0.4, -0.2) is 19.0 Å². The van der Waals surface area contributed by atoms with E-state index in [1.807, 2.05) is 0 Å². The van der Waals surface area contributed by atoms with Gasteiger partial charge in [0.25, 0.3) is 0 Å². The topological polar surface area (TPSA) is 55.5 Å². The molecule has 0 aliphatic rings. The summed E-state index contributed by atoms with van der Waals surface area (Å²) in [6.07, 6.45) is 3.35. The van der Waals surface area contributed by atoms with Gasteiger partial charge in [-0.3, -0.25) is 9.79 Å². The van der Waals surface area contributed by atoms with Crippen LogP contribution in [0.25, 0.3) is 0 Å². The number of hydrogen-bond acceptors (Lipinski definition) is 3. The molecule has 0 bridgehead atoms. The summed E-state index contributed by atoms with van der Waals surface area (Å²) in [6, 6.07) is 0. The summed E-state index contributed by atoms with van der Waals surface area (Å²) in [5.41, 5.74) is 5.31. The normalized spacial score (nSPS) is 12.4. The van der Waals surface area contributed by atoms with Crippen LogP contribution in [-0.2, 0) is 4.79 Å². The van der Waals surface area contributed by atoms with Crippen LogP contribution < -0.4 is 5.73 Å². The third kappa shape index (κ3) is 2.12. The molecule has 0 radical (unpaired) electrons. The van der Waals surface area contributed by atoms with Crippen molar-refractivity contribution >= 4 is 12.0 Å². The molecule has 0 aromatic heterocycles. The Morgan fingerprint density at radius 3 is 2.50 bits per heavy atom. The lowest BCUT2D eigenvalue weighted by Gasteiger charge is -1.80. The van der Waals surface area contributed by atoms with Crippen LogP contribution in [0.2, 0.25) is 0 Å². The summed E-state index contributed by atoms with van der Waals surface area (Å²) in [7, 11) is 1.53. The highest BCUT2D eigenvalue weighted by Crippen LogP contribution is 1.70. The Morgan fingerprint density at radius 2 is 2.38 bits per heavy atom. The molecule has 2 N–H and O–H groups in total. The Morgan fingerprint density at radius 1 is 1.75 bits per heavy atom. The maximum absolute atomic E-state index is 9.89. The van der Waals surface area contributed by atoms with Gasteiger partial charge in [-0.05, 0) is 12.3 Å². The molecule has 0 unspecified atom stereocenters.